The van der Waals surface area contributed by atoms with Crippen LogP contribution in [0.2, 0.25) is 0 Å². The highest BCUT2D eigenvalue weighted by atomic mass is 32.2. The van der Waals surface area contributed by atoms with Gasteiger partial charge in [-0.15, -0.1) is 11.8 Å². The van der Waals surface area contributed by atoms with Crippen molar-refractivity contribution in [2.75, 3.05) is 11.1 Å². The molecule has 1 heterocycles. The third-order valence-electron chi connectivity index (χ3n) is 2.83. The van der Waals surface area contributed by atoms with Gasteiger partial charge in [0.05, 0.1) is 0 Å². The van der Waals surface area contributed by atoms with E-state index in [1.54, 1.807) is 24.8 Å². The van der Waals surface area contributed by atoms with Gasteiger partial charge in [0.2, 0.25) is 5.91 Å². The molecule has 106 valence electrons. The first-order valence-corrected chi connectivity index (χ1v) is 7.46. The number of thioether (sulfide) groups is 1. The summed E-state index contributed by atoms with van der Waals surface area (Å²) in [6.45, 7) is 5.95. The number of nitrogens with zero attached hydrogens (tertiary/aromatic N) is 1. The van der Waals surface area contributed by atoms with E-state index >= 15 is 0 Å². The van der Waals surface area contributed by atoms with Crippen molar-refractivity contribution in [1.82, 2.24) is 5.16 Å². The molecule has 0 radical (unpaired) electrons. The van der Waals surface area contributed by atoms with Crippen LogP contribution >= 0.6 is 11.8 Å². The largest absolute Gasteiger partial charge is 0.360 e. The quantitative estimate of drug-likeness (QED) is 0.853. The van der Waals surface area contributed by atoms with Gasteiger partial charge in [0.15, 0.2) is 5.82 Å². The number of aryl methyl sites for hydroxylation is 3. The Morgan fingerprint density at radius 2 is 2.10 bits per heavy atom. The molecule has 2 aromatic rings. The van der Waals surface area contributed by atoms with Gasteiger partial charge < -0.3 is 9.84 Å². The van der Waals surface area contributed by atoms with Gasteiger partial charge in [-0.05, 0) is 32.4 Å². The second kappa shape index (κ2) is 6.61. The molecule has 1 aromatic carbocycles. The van der Waals surface area contributed by atoms with Crippen molar-refractivity contribution in [3.8, 4) is 0 Å². The number of nitrogens with one attached hydrogen (secondary N) is 1. The SMILES string of the molecule is Cc1ccc(C)c(SCCC(=O)Nc2cc(C)on2)c1. The maximum atomic E-state index is 11.8. The van der Waals surface area contributed by atoms with Gasteiger partial charge in [0, 0.05) is 23.1 Å². The van der Waals surface area contributed by atoms with Crippen molar-refractivity contribution in [2.24, 2.45) is 0 Å². The summed E-state index contributed by atoms with van der Waals surface area (Å²) in [6, 6.07) is 8.06. The molecule has 0 aliphatic rings. The van der Waals surface area contributed by atoms with Crippen LogP contribution in [0.1, 0.15) is 23.3 Å². The number of aromatic nitrogens is 1. The minimum absolute atomic E-state index is 0.0453. The van der Waals surface area contributed by atoms with Crippen LogP contribution in [0.15, 0.2) is 33.7 Å². The lowest BCUT2D eigenvalue weighted by atomic mass is 10.2. The second-order valence-electron chi connectivity index (χ2n) is 4.74. The summed E-state index contributed by atoms with van der Waals surface area (Å²) < 4.78 is 4.90. The molecule has 0 bridgehead atoms. The van der Waals surface area contributed by atoms with Crippen molar-refractivity contribution in [2.45, 2.75) is 32.1 Å². The van der Waals surface area contributed by atoms with Crippen LogP contribution < -0.4 is 5.32 Å². The second-order valence-corrected chi connectivity index (χ2v) is 5.88. The fourth-order valence-electron chi connectivity index (χ4n) is 1.75. The van der Waals surface area contributed by atoms with E-state index in [4.69, 9.17) is 4.52 Å². The summed E-state index contributed by atoms with van der Waals surface area (Å²) in [7, 11) is 0. The molecule has 0 aliphatic heterocycles. The number of hydrogen-bond donors (Lipinski definition) is 1. The summed E-state index contributed by atoms with van der Waals surface area (Å²) in [6.07, 6.45) is 0.448. The predicted octanol–water partition coefficient (Wildman–Crippen LogP) is 3.72. The standard InChI is InChI=1S/C15H18N2O2S/c1-10-4-5-11(2)13(8-10)20-7-6-15(18)16-14-9-12(3)19-17-14/h4-5,8-9H,6-7H2,1-3H3,(H,16,17,18). The number of hydrogen-bond acceptors (Lipinski definition) is 4. The Hall–Kier alpha value is -1.75. The Balaban J connectivity index is 1.80. The zero-order chi connectivity index (χ0) is 14.5. The molecule has 0 spiro atoms. The molecule has 1 aromatic heterocycles. The maximum absolute atomic E-state index is 11.8. The van der Waals surface area contributed by atoms with Crippen LogP contribution in [-0.4, -0.2) is 16.8 Å². The van der Waals surface area contributed by atoms with E-state index in [-0.39, 0.29) is 5.91 Å². The molecule has 1 N–H and O–H groups in total. The highest BCUT2D eigenvalue weighted by Gasteiger charge is 2.07. The Morgan fingerprint density at radius 1 is 1.30 bits per heavy atom. The molecule has 2 rings (SSSR count). The molecule has 20 heavy (non-hydrogen) atoms. The Labute approximate surface area is 122 Å². The van der Waals surface area contributed by atoms with Crippen LogP contribution in [-0.2, 0) is 4.79 Å². The van der Waals surface area contributed by atoms with Gasteiger partial charge >= 0.3 is 0 Å². The zero-order valence-corrected chi connectivity index (χ0v) is 12.7. The number of anilines is 1. The van der Waals surface area contributed by atoms with E-state index in [9.17, 15) is 4.79 Å². The van der Waals surface area contributed by atoms with Crippen molar-refractivity contribution in [1.29, 1.82) is 0 Å². The van der Waals surface area contributed by atoms with E-state index < -0.39 is 0 Å². The minimum atomic E-state index is -0.0453. The van der Waals surface area contributed by atoms with Gasteiger partial charge in [-0.3, -0.25) is 4.79 Å². The van der Waals surface area contributed by atoms with Gasteiger partial charge in [0.25, 0.3) is 0 Å². The highest BCUT2D eigenvalue weighted by Crippen LogP contribution is 2.24. The fourth-order valence-corrected chi connectivity index (χ4v) is 2.82. The van der Waals surface area contributed by atoms with Gasteiger partial charge in [-0.25, -0.2) is 0 Å². The lowest BCUT2D eigenvalue weighted by Gasteiger charge is -2.06. The Morgan fingerprint density at radius 3 is 2.80 bits per heavy atom. The van der Waals surface area contributed by atoms with Crippen LogP contribution in [0.3, 0.4) is 0 Å². The van der Waals surface area contributed by atoms with Crippen molar-refractivity contribution >= 4 is 23.5 Å². The highest BCUT2D eigenvalue weighted by molar-refractivity contribution is 7.99. The third kappa shape index (κ3) is 4.13. The summed E-state index contributed by atoms with van der Waals surface area (Å²) in [5.41, 5.74) is 2.48. The smallest absolute Gasteiger partial charge is 0.226 e. The predicted molar refractivity (Wildman–Crippen MR) is 81.1 cm³/mol. The molecular weight excluding hydrogens is 272 g/mol. The average molecular weight is 290 g/mol. The molecule has 0 aliphatic carbocycles. The van der Waals surface area contributed by atoms with Crippen molar-refractivity contribution < 1.29 is 9.32 Å². The number of amides is 1. The lowest BCUT2D eigenvalue weighted by molar-refractivity contribution is -0.115. The lowest BCUT2D eigenvalue weighted by Crippen LogP contribution is -2.12. The summed E-state index contributed by atoms with van der Waals surface area (Å²) in [5, 5.41) is 6.45. The van der Waals surface area contributed by atoms with Crippen LogP contribution in [0.5, 0.6) is 0 Å². The molecule has 4 nitrogen and oxygen atoms in total. The molecule has 0 saturated heterocycles. The van der Waals surface area contributed by atoms with E-state index in [0.717, 1.165) is 5.75 Å². The van der Waals surface area contributed by atoms with Gasteiger partial charge in [-0.2, -0.15) is 0 Å². The number of carbonyl (C=O) groups is 1. The topological polar surface area (TPSA) is 55.1 Å². The molecular formula is C15H18N2O2S. The van der Waals surface area contributed by atoms with Crippen molar-refractivity contribution in [3.63, 3.8) is 0 Å². The molecule has 0 atom stereocenters. The monoisotopic (exact) mass is 290 g/mol. The first kappa shape index (κ1) is 14.7. The van der Waals surface area contributed by atoms with Crippen LogP contribution in [0.25, 0.3) is 0 Å². The molecule has 0 fully saturated rings. The normalized spacial score (nSPS) is 10.6. The van der Waals surface area contributed by atoms with E-state index in [0.29, 0.717) is 18.0 Å². The molecule has 0 saturated carbocycles. The van der Waals surface area contributed by atoms with Gasteiger partial charge in [-0.1, -0.05) is 22.9 Å². The van der Waals surface area contributed by atoms with E-state index in [2.05, 4.69) is 42.5 Å². The Kier molecular flexibility index (Phi) is 4.84. The number of rotatable bonds is 5. The third-order valence-corrected chi connectivity index (χ3v) is 3.98. The van der Waals surface area contributed by atoms with E-state index in [1.165, 1.54) is 16.0 Å². The minimum Gasteiger partial charge on any atom is -0.360 e. The first-order valence-electron chi connectivity index (χ1n) is 6.48. The number of benzene rings is 1. The molecule has 1 amide bonds. The molecule has 0 unspecified atom stereocenters. The average Bonchev–Trinajstić information content (AvgIpc) is 2.79. The van der Waals surface area contributed by atoms with Crippen molar-refractivity contribution in [3.05, 3.63) is 41.2 Å². The Bertz CT molecular complexity index is 608. The van der Waals surface area contributed by atoms with Gasteiger partial charge in [0.1, 0.15) is 5.76 Å². The molecule has 5 heteroatoms. The first-order chi connectivity index (χ1) is 9.54. The van der Waals surface area contributed by atoms with Crippen LogP contribution in [0, 0.1) is 20.8 Å². The summed E-state index contributed by atoms with van der Waals surface area (Å²) >= 11 is 1.70. The van der Waals surface area contributed by atoms with E-state index in [1.807, 2.05) is 0 Å². The maximum Gasteiger partial charge on any atom is 0.226 e. The van der Waals surface area contributed by atoms with Crippen LogP contribution in [0.4, 0.5) is 5.82 Å². The fraction of sp³-hybridized carbons (Fsp3) is 0.333. The zero-order valence-electron chi connectivity index (χ0n) is 11.9. The number of carbonyl (C=O) groups excluding carboxylic acids is 1. The summed E-state index contributed by atoms with van der Waals surface area (Å²) in [5.74, 6) is 1.86. The summed E-state index contributed by atoms with van der Waals surface area (Å²) in [4.78, 5) is 13.0.